The molecule has 3 aromatic rings. The van der Waals surface area contributed by atoms with E-state index in [2.05, 4.69) is 10.6 Å². The highest BCUT2D eigenvalue weighted by Crippen LogP contribution is 2.18. The summed E-state index contributed by atoms with van der Waals surface area (Å²) in [4.78, 5) is 42.2. The molecule has 1 saturated heterocycles. The van der Waals surface area contributed by atoms with Gasteiger partial charge in [0.15, 0.2) is 0 Å². The molecule has 2 unspecified atom stereocenters. The van der Waals surface area contributed by atoms with Crippen LogP contribution in [0.3, 0.4) is 0 Å². The van der Waals surface area contributed by atoms with Gasteiger partial charge in [-0.15, -0.1) is 0 Å². The molecule has 0 bridgehead atoms. The number of nitrogens with zero attached hydrogens (tertiary/aromatic N) is 1. The molecule has 1 aliphatic heterocycles. The number of carbonyl (C=O) groups excluding carboxylic acids is 3. The first kappa shape index (κ1) is 32.6. The van der Waals surface area contributed by atoms with Crippen LogP contribution in [0.15, 0.2) is 84.9 Å². The molecule has 4 rings (SSSR count). The Bertz CT molecular complexity index is 1330. The van der Waals surface area contributed by atoms with Crippen LogP contribution in [-0.4, -0.2) is 53.6 Å². The minimum Gasteiger partial charge on any atom is -0.489 e. The summed E-state index contributed by atoms with van der Waals surface area (Å²) in [7, 11) is 0. The summed E-state index contributed by atoms with van der Waals surface area (Å²) in [6.07, 6.45) is 4.59. The zero-order chi connectivity index (χ0) is 31.4. The van der Waals surface area contributed by atoms with Crippen LogP contribution >= 0.6 is 0 Å². The van der Waals surface area contributed by atoms with Crippen LogP contribution in [0.4, 0.5) is 4.79 Å². The van der Waals surface area contributed by atoms with Crippen molar-refractivity contribution in [3.8, 4) is 5.75 Å². The molecule has 0 saturated carbocycles. The summed E-state index contributed by atoms with van der Waals surface area (Å²) in [5.41, 5.74) is 2.07. The normalized spacial score (nSPS) is 14.9. The highest BCUT2D eigenvalue weighted by molar-refractivity contribution is 5.91. The van der Waals surface area contributed by atoms with Crippen LogP contribution in [0.2, 0.25) is 0 Å². The van der Waals surface area contributed by atoms with Crippen molar-refractivity contribution < 1.29 is 23.9 Å². The zero-order valence-electron chi connectivity index (χ0n) is 26.1. The van der Waals surface area contributed by atoms with Gasteiger partial charge in [0, 0.05) is 25.9 Å². The van der Waals surface area contributed by atoms with E-state index in [1.807, 2.05) is 84.9 Å². The maximum atomic E-state index is 13.8. The molecule has 2 atom stereocenters. The Balaban J connectivity index is 1.48. The number of urea groups is 1. The molecule has 0 spiro atoms. The first-order valence-electron chi connectivity index (χ1n) is 15.5. The molecule has 0 aliphatic carbocycles. The fourth-order valence-corrected chi connectivity index (χ4v) is 5.11. The zero-order valence-corrected chi connectivity index (χ0v) is 26.1. The van der Waals surface area contributed by atoms with E-state index in [0.29, 0.717) is 31.9 Å². The van der Waals surface area contributed by atoms with E-state index < -0.39 is 29.6 Å². The van der Waals surface area contributed by atoms with Gasteiger partial charge in [-0.05, 0) is 62.4 Å². The molecule has 3 amide bonds. The van der Waals surface area contributed by atoms with Gasteiger partial charge in [0.05, 0.1) is 0 Å². The average molecular weight is 600 g/mol. The first-order chi connectivity index (χ1) is 21.2. The first-order valence-corrected chi connectivity index (χ1v) is 15.5. The number of hydrogen-bond acceptors (Lipinski definition) is 5. The van der Waals surface area contributed by atoms with E-state index in [9.17, 15) is 14.4 Å². The van der Waals surface area contributed by atoms with Gasteiger partial charge >= 0.3 is 12.0 Å². The number of benzene rings is 3. The number of carbonyl (C=O) groups is 3. The molecule has 234 valence electrons. The number of esters is 1. The van der Waals surface area contributed by atoms with Crippen molar-refractivity contribution in [2.75, 3.05) is 13.1 Å². The average Bonchev–Trinajstić information content (AvgIpc) is 3.30. The molecule has 8 heteroatoms. The molecule has 0 aromatic heterocycles. The monoisotopic (exact) mass is 599 g/mol. The fraction of sp³-hybridized carbons (Fsp3) is 0.417. The van der Waals surface area contributed by atoms with Gasteiger partial charge in [0.25, 0.3) is 0 Å². The molecule has 1 heterocycles. The predicted octanol–water partition coefficient (Wildman–Crippen LogP) is 5.83. The highest BCUT2D eigenvalue weighted by atomic mass is 16.6. The molecule has 3 aromatic carbocycles. The highest BCUT2D eigenvalue weighted by Gasteiger charge is 2.31. The Labute approximate surface area is 261 Å². The van der Waals surface area contributed by atoms with Crippen molar-refractivity contribution in [1.82, 2.24) is 15.5 Å². The van der Waals surface area contributed by atoms with E-state index in [4.69, 9.17) is 9.47 Å². The van der Waals surface area contributed by atoms with Crippen molar-refractivity contribution in [1.29, 1.82) is 0 Å². The SMILES string of the molecule is CC(C)(C)OC(=O)C(Cc1ccc(OCc2ccccc2)cc1)NC(=O)C(Cc1ccccc1)NC(=O)N1CCCCCC1. The summed E-state index contributed by atoms with van der Waals surface area (Å²) < 4.78 is 11.6. The van der Waals surface area contributed by atoms with Crippen LogP contribution in [0.1, 0.15) is 63.1 Å². The fourth-order valence-electron chi connectivity index (χ4n) is 5.11. The maximum absolute atomic E-state index is 13.8. The Hall–Kier alpha value is -4.33. The lowest BCUT2D eigenvalue weighted by Gasteiger charge is -2.28. The molecule has 1 fully saturated rings. The van der Waals surface area contributed by atoms with Crippen LogP contribution < -0.4 is 15.4 Å². The van der Waals surface area contributed by atoms with E-state index in [1.54, 1.807) is 25.7 Å². The maximum Gasteiger partial charge on any atom is 0.329 e. The van der Waals surface area contributed by atoms with Crippen molar-refractivity contribution >= 4 is 17.9 Å². The topological polar surface area (TPSA) is 97.0 Å². The standard InChI is InChI=1S/C36H45N3O5/c1-36(2,3)44-34(41)32(25-28-18-20-30(21-19-28)43-26-29-16-10-7-11-17-29)37-33(40)31(24-27-14-8-6-9-15-27)38-35(42)39-22-12-4-5-13-23-39/h6-11,14-21,31-32H,4-5,12-13,22-26H2,1-3H3,(H,37,40)(H,38,42). The van der Waals surface area contributed by atoms with Gasteiger partial charge < -0.3 is 25.0 Å². The smallest absolute Gasteiger partial charge is 0.329 e. The van der Waals surface area contributed by atoms with Crippen molar-refractivity contribution in [2.24, 2.45) is 0 Å². The lowest BCUT2D eigenvalue weighted by molar-refractivity contribution is -0.158. The van der Waals surface area contributed by atoms with Gasteiger partial charge in [-0.25, -0.2) is 9.59 Å². The van der Waals surface area contributed by atoms with E-state index >= 15 is 0 Å². The van der Waals surface area contributed by atoms with Gasteiger partial charge in [-0.2, -0.15) is 0 Å². The van der Waals surface area contributed by atoms with Crippen LogP contribution in [0.5, 0.6) is 5.75 Å². The lowest BCUT2D eigenvalue weighted by Crippen LogP contribution is -2.56. The number of nitrogens with one attached hydrogen (secondary N) is 2. The van der Waals surface area contributed by atoms with Crippen LogP contribution in [-0.2, 0) is 33.8 Å². The lowest BCUT2D eigenvalue weighted by atomic mass is 10.0. The Kier molecular flexibility index (Phi) is 11.8. The largest absolute Gasteiger partial charge is 0.489 e. The molecule has 1 aliphatic rings. The number of ether oxygens (including phenoxy) is 2. The quantitative estimate of drug-likeness (QED) is 0.270. The second kappa shape index (κ2) is 15.9. The molecular formula is C36H45N3O5. The van der Waals surface area contributed by atoms with Crippen LogP contribution in [0.25, 0.3) is 0 Å². The number of rotatable bonds is 11. The summed E-state index contributed by atoms with van der Waals surface area (Å²) in [6, 6.07) is 24.9. The molecule has 2 N–H and O–H groups in total. The summed E-state index contributed by atoms with van der Waals surface area (Å²) in [5, 5.41) is 5.87. The molecule has 8 nitrogen and oxygen atoms in total. The molecule has 0 radical (unpaired) electrons. The van der Waals surface area contributed by atoms with Crippen molar-refractivity contribution in [2.45, 2.75) is 83.6 Å². The van der Waals surface area contributed by atoms with Crippen molar-refractivity contribution in [3.05, 3.63) is 102 Å². The summed E-state index contributed by atoms with van der Waals surface area (Å²) in [6.45, 7) is 7.16. The van der Waals surface area contributed by atoms with Gasteiger partial charge in [0.2, 0.25) is 5.91 Å². The Morgan fingerprint density at radius 2 is 1.25 bits per heavy atom. The Morgan fingerprint density at radius 3 is 1.84 bits per heavy atom. The summed E-state index contributed by atoms with van der Waals surface area (Å²) in [5.74, 6) is -0.266. The minimum absolute atomic E-state index is 0.220. The Morgan fingerprint density at radius 1 is 0.705 bits per heavy atom. The predicted molar refractivity (Wildman–Crippen MR) is 171 cm³/mol. The van der Waals surface area contributed by atoms with Gasteiger partial charge in [-0.1, -0.05) is 85.6 Å². The third-order valence-corrected chi connectivity index (χ3v) is 7.41. The van der Waals surface area contributed by atoms with E-state index in [1.165, 1.54) is 0 Å². The third kappa shape index (κ3) is 10.7. The number of amides is 3. The second-order valence-corrected chi connectivity index (χ2v) is 12.3. The summed E-state index contributed by atoms with van der Waals surface area (Å²) >= 11 is 0. The number of hydrogen-bond donors (Lipinski definition) is 2. The molecule has 44 heavy (non-hydrogen) atoms. The van der Waals surface area contributed by atoms with Gasteiger partial charge in [-0.3, -0.25) is 4.79 Å². The number of likely N-dealkylation sites (tertiary alicyclic amines) is 1. The minimum atomic E-state index is -0.953. The second-order valence-electron chi connectivity index (χ2n) is 12.3. The van der Waals surface area contributed by atoms with E-state index in [0.717, 1.165) is 42.4 Å². The van der Waals surface area contributed by atoms with E-state index in [-0.39, 0.29) is 12.5 Å². The molecular weight excluding hydrogens is 554 g/mol. The van der Waals surface area contributed by atoms with Crippen molar-refractivity contribution in [3.63, 3.8) is 0 Å². The third-order valence-electron chi connectivity index (χ3n) is 7.41. The van der Waals surface area contributed by atoms with Gasteiger partial charge in [0.1, 0.15) is 30.0 Å². The van der Waals surface area contributed by atoms with Crippen LogP contribution in [0, 0.1) is 0 Å².